The van der Waals surface area contributed by atoms with Crippen molar-refractivity contribution < 1.29 is 4.79 Å². The summed E-state index contributed by atoms with van der Waals surface area (Å²) in [5, 5.41) is 5.03. The van der Waals surface area contributed by atoms with Crippen molar-refractivity contribution in [1.82, 2.24) is 10.3 Å². The fourth-order valence-electron chi connectivity index (χ4n) is 1.98. The molecule has 1 N–H and O–H groups in total. The Morgan fingerprint density at radius 3 is 2.68 bits per heavy atom. The third-order valence-electron chi connectivity index (χ3n) is 3.24. The molecule has 5 heteroatoms. The molecule has 2 aromatic rings. The summed E-state index contributed by atoms with van der Waals surface area (Å²) in [6.07, 6.45) is 3.37. The Morgan fingerprint density at radius 2 is 2.05 bits per heavy atom. The lowest BCUT2D eigenvalue weighted by atomic mass is 10.1. The average molecular weight is 335 g/mol. The van der Waals surface area contributed by atoms with E-state index < -0.39 is 0 Å². The number of hydrogen-bond donors (Lipinski definition) is 1. The minimum atomic E-state index is 0.0193. The maximum atomic E-state index is 12.0. The standard InChI is InChI=1S/C17H22N2OS2/c1-3-4-5-10-18-16(20)15-8-6-14(7-9-15)12-22-17-19-13(2)11-21-17/h6-9,11H,3-5,10,12H2,1-2H3,(H,18,20). The minimum absolute atomic E-state index is 0.0193. The molecule has 0 atom stereocenters. The van der Waals surface area contributed by atoms with E-state index in [0.29, 0.717) is 0 Å². The quantitative estimate of drug-likeness (QED) is 0.564. The van der Waals surface area contributed by atoms with Gasteiger partial charge in [0.05, 0.1) is 0 Å². The van der Waals surface area contributed by atoms with Gasteiger partial charge in [-0.15, -0.1) is 11.3 Å². The van der Waals surface area contributed by atoms with Crippen molar-refractivity contribution in [2.75, 3.05) is 6.54 Å². The molecular weight excluding hydrogens is 312 g/mol. The van der Waals surface area contributed by atoms with Gasteiger partial charge in [0, 0.05) is 28.9 Å². The van der Waals surface area contributed by atoms with Crippen LogP contribution in [0.15, 0.2) is 34.0 Å². The van der Waals surface area contributed by atoms with E-state index in [4.69, 9.17) is 0 Å². The molecule has 0 aliphatic heterocycles. The number of thioether (sulfide) groups is 1. The Kier molecular flexibility index (Phi) is 6.93. The number of aryl methyl sites for hydroxylation is 1. The number of hydrogen-bond acceptors (Lipinski definition) is 4. The third-order valence-corrected chi connectivity index (χ3v) is 5.45. The van der Waals surface area contributed by atoms with Gasteiger partial charge in [-0.05, 0) is 31.0 Å². The molecule has 0 aliphatic rings. The van der Waals surface area contributed by atoms with E-state index in [9.17, 15) is 4.79 Å². The third kappa shape index (κ3) is 5.46. The van der Waals surface area contributed by atoms with Crippen molar-refractivity contribution in [3.63, 3.8) is 0 Å². The number of amides is 1. The number of unbranched alkanes of at least 4 members (excludes halogenated alkanes) is 2. The van der Waals surface area contributed by atoms with E-state index in [1.54, 1.807) is 23.1 Å². The van der Waals surface area contributed by atoms with Gasteiger partial charge >= 0.3 is 0 Å². The first-order chi connectivity index (χ1) is 10.7. The smallest absolute Gasteiger partial charge is 0.251 e. The fourth-order valence-corrected chi connectivity index (χ4v) is 3.78. The summed E-state index contributed by atoms with van der Waals surface area (Å²) in [7, 11) is 0. The molecule has 1 heterocycles. The van der Waals surface area contributed by atoms with Gasteiger partial charge in [0.2, 0.25) is 0 Å². The van der Waals surface area contributed by atoms with Crippen LogP contribution in [0.1, 0.15) is 47.8 Å². The monoisotopic (exact) mass is 334 g/mol. The summed E-state index contributed by atoms with van der Waals surface area (Å²) in [4.78, 5) is 16.4. The molecule has 0 fully saturated rings. The Balaban J connectivity index is 1.80. The Bertz CT molecular complexity index is 593. The first kappa shape index (κ1) is 17.0. The molecule has 0 saturated carbocycles. The van der Waals surface area contributed by atoms with Crippen LogP contribution in [0.3, 0.4) is 0 Å². The van der Waals surface area contributed by atoms with E-state index in [1.807, 2.05) is 31.2 Å². The lowest BCUT2D eigenvalue weighted by Gasteiger charge is -2.05. The number of benzene rings is 1. The highest BCUT2D eigenvalue weighted by atomic mass is 32.2. The fraction of sp³-hybridized carbons (Fsp3) is 0.412. The van der Waals surface area contributed by atoms with Crippen LogP contribution in [0.2, 0.25) is 0 Å². The second-order valence-corrected chi connectivity index (χ2v) is 7.28. The Morgan fingerprint density at radius 1 is 1.27 bits per heavy atom. The molecule has 3 nitrogen and oxygen atoms in total. The normalized spacial score (nSPS) is 10.6. The molecule has 118 valence electrons. The maximum Gasteiger partial charge on any atom is 0.251 e. The summed E-state index contributed by atoms with van der Waals surface area (Å²) in [5.74, 6) is 0.900. The van der Waals surface area contributed by atoms with E-state index >= 15 is 0 Å². The van der Waals surface area contributed by atoms with Crippen LogP contribution < -0.4 is 5.32 Å². The Hall–Kier alpha value is -1.33. The summed E-state index contributed by atoms with van der Waals surface area (Å²) >= 11 is 3.41. The molecule has 0 bridgehead atoms. The topological polar surface area (TPSA) is 42.0 Å². The second-order valence-electron chi connectivity index (χ2n) is 5.20. The number of aromatic nitrogens is 1. The molecule has 0 spiro atoms. The molecule has 0 unspecified atom stereocenters. The zero-order chi connectivity index (χ0) is 15.8. The first-order valence-electron chi connectivity index (χ1n) is 7.61. The zero-order valence-corrected chi connectivity index (χ0v) is 14.7. The van der Waals surface area contributed by atoms with Gasteiger partial charge in [-0.2, -0.15) is 0 Å². The predicted molar refractivity (Wildman–Crippen MR) is 94.7 cm³/mol. The van der Waals surface area contributed by atoms with Crippen molar-refractivity contribution in [3.05, 3.63) is 46.5 Å². The highest BCUT2D eigenvalue weighted by molar-refractivity contribution is 8.00. The number of thiazole rings is 1. The first-order valence-corrected chi connectivity index (χ1v) is 9.47. The van der Waals surface area contributed by atoms with Crippen molar-refractivity contribution in [1.29, 1.82) is 0 Å². The molecule has 0 saturated heterocycles. The highest BCUT2D eigenvalue weighted by Gasteiger charge is 2.05. The van der Waals surface area contributed by atoms with Crippen molar-refractivity contribution >= 4 is 29.0 Å². The number of nitrogens with zero attached hydrogens (tertiary/aromatic N) is 1. The van der Waals surface area contributed by atoms with Crippen molar-refractivity contribution in [3.8, 4) is 0 Å². The van der Waals surface area contributed by atoms with Crippen LogP contribution in [0.5, 0.6) is 0 Å². The van der Waals surface area contributed by atoms with Crippen LogP contribution >= 0.6 is 23.1 Å². The maximum absolute atomic E-state index is 12.0. The van der Waals surface area contributed by atoms with E-state index in [-0.39, 0.29) is 5.91 Å². The molecule has 1 aromatic carbocycles. The summed E-state index contributed by atoms with van der Waals surface area (Å²) < 4.78 is 1.09. The SMILES string of the molecule is CCCCCNC(=O)c1ccc(CSc2nc(C)cs2)cc1. The number of carbonyl (C=O) groups excluding carboxylic acids is 1. The van der Waals surface area contributed by atoms with Gasteiger partial charge in [-0.25, -0.2) is 4.98 Å². The van der Waals surface area contributed by atoms with Crippen LogP contribution in [-0.4, -0.2) is 17.4 Å². The van der Waals surface area contributed by atoms with E-state index in [0.717, 1.165) is 40.7 Å². The van der Waals surface area contributed by atoms with Gasteiger partial charge in [0.1, 0.15) is 4.34 Å². The Labute approximate surface area is 140 Å². The lowest BCUT2D eigenvalue weighted by molar-refractivity contribution is 0.0953. The van der Waals surface area contributed by atoms with Gasteiger partial charge < -0.3 is 5.32 Å². The van der Waals surface area contributed by atoms with Crippen molar-refractivity contribution in [2.45, 2.75) is 43.2 Å². The average Bonchev–Trinajstić information content (AvgIpc) is 2.95. The van der Waals surface area contributed by atoms with Gasteiger partial charge in [0.25, 0.3) is 5.91 Å². The van der Waals surface area contributed by atoms with E-state index in [1.165, 1.54) is 12.0 Å². The van der Waals surface area contributed by atoms with Gasteiger partial charge in [-0.1, -0.05) is 43.7 Å². The largest absolute Gasteiger partial charge is 0.352 e. The van der Waals surface area contributed by atoms with Crippen LogP contribution in [-0.2, 0) is 5.75 Å². The van der Waals surface area contributed by atoms with Crippen LogP contribution in [0.25, 0.3) is 0 Å². The van der Waals surface area contributed by atoms with Gasteiger partial charge in [-0.3, -0.25) is 4.79 Å². The molecule has 0 aliphatic carbocycles. The van der Waals surface area contributed by atoms with Gasteiger partial charge in [0.15, 0.2) is 0 Å². The molecule has 1 aromatic heterocycles. The summed E-state index contributed by atoms with van der Waals surface area (Å²) in [6.45, 7) is 4.92. The number of rotatable bonds is 8. The highest BCUT2D eigenvalue weighted by Crippen LogP contribution is 2.26. The molecule has 22 heavy (non-hydrogen) atoms. The lowest BCUT2D eigenvalue weighted by Crippen LogP contribution is -2.24. The van der Waals surface area contributed by atoms with Crippen LogP contribution in [0.4, 0.5) is 0 Å². The predicted octanol–water partition coefficient (Wildman–Crippen LogP) is 4.66. The minimum Gasteiger partial charge on any atom is -0.352 e. The summed E-state index contributed by atoms with van der Waals surface area (Å²) in [6, 6.07) is 7.85. The number of carbonyl (C=O) groups is 1. The molecular formula is C17H22N2OS2. The molecule has 0 radical (unpaired) electrons. The number of nitrogens with one attached hydrogen (secondary N) is 1. The molecule has 1 amide bonds. The summed E-state index contributed by atoms with van der Waals surface area (Å²) in [5.41, 5.74) is 3.01. The van der Waals surface area contributed by atoms with Crippen molar-refractivity contribution in [2.24, 2.45) is 0 Å². The second kappa shape index (κ2) is 8.96. The van der Waals surface area contributed by atoms with Crippen LogP contribution in [0, 0.1) is 6.92 Å². The molecule has 2 rings (SSSR count). The zero-order valence-electron chi connectivity index (χ0n) is 13.1. The van der Waals surface area contributed by atoms with E-state index in [2.05, 4.69) is 22.6 Å².